The van der Waals surface area contributed by atoms with Gasteiger partial charge in [-0.05, 0) is 87.9 Å². The van der Waals surface area contributed by atoms with E-state index in [2.05, 4.69) is 63.0 Å². The molecule has 34 heavy (non-hydrogen) atoms. The van der Waals surface area contributed by atoms with Gasteiger partial charge in [-0.2, -0.15) is 0 Å². The molecule has 176 valence electrons. The lowest BCUT2D eigenvalue weighted by atomic mass is 9.87. The van der Waals surface area contributed by atoms with Gasteiger partial charge in [0.05, 0.1) is 10.4 Å². The molecule has 1 fully saturated rings. The molecular formula is C27H29N3O3S. The molecule has 2 aromatic rings. The molecule has 3 amide bonds. The van der Waals surface area contributed by atoms with Crippen LogP contribution < -0.4 is 10.2 Å². The van der Waals surface area contributed by atoms with Crippen LogP contribution in [0.3, 0.4) is 0 Å². The number of nitrogens with one attached hydrogen (secondary N) is 1. The molecule has 1 N–H and O–H groups in total. The Morgan fingerprint density at radius 2 is 1.82 bits per heavy atom. The van der Waals surface area contributed by atoms with Crippen molar-refractivity contribution >= 4 is 51.8 Å². The SMILES string of the molecule is CC1=CC(C)(C)N(C(C)C)c2ccc(/C=C3\SC(=O)N(CC(=O)Nc4ccccc4)C3=O)cc21. The number of amides is 3. The number of allylic oxidation sites excluding steroid dienone is 1. The number of benzene rings is 2. The fourth-order valence-corrected chi connectivity index (χ4v) is 5.59. The number of fused-ring (bicyclic) bond motifs is 1. The minimum Gasteiger partial charge on any atom is -0.360 e. The van der Waals surface area contributed by atoms with E-state index in [1.165, 1.54) is 5.57 Å². The van der Waals surface area contributed by atoms with Gasteiger partial charge in [-0.3, -0.25) is 19.3 Å². The molecule has 0 atom stereocenters. The Balaban J connectivity index is 1.55. The number of hydrogen-bond acceptors (Lipinski definition) is 5. The second-order valence-electron chi connectivity index (χ2n) is 9.40. The van der Waals surface area contributed by atoms with Gasteiger partial charge in [0.1, 0.15) is 6.54 Å². The van der Waals surface area contributed by atoms with Crippen LogP contribution in [0.2, 0.25) is 0 Å². The quantitative estimate of drug-likeness (QED) is 0.556. The number of carbonyl (C=O) groups excluding carboxylic acids is 3. The molecule has 2 aliphatic rings. The number of hydrogen-bond donors (Lipinski definition) is 1. The molecule has 0 radical (unpaired) electrons. The summed E-state index contributed by atoms with van der Waals surface area (Å²) >= 11 is 0.862. The lowest BCUT2D eigenvalue weighted by molar-refractivity contribution is -0.127. The van der Waals surface area contributed by atoms with E-state index in [0.29, 0.717) is 16.6 Å². The lowest BCUT2D eigenvalue weighted by Gasteiger charge is -2.46. The minimum absolute atomic E-state index is 0.101. The van der Waals surface area contributed by atoms with E-state index in [1.54, 1.807) is 30.3 Å². The molecule has 0 aliphatic carbocycles. The van der Waals surface area contributed by atoms with Gasteiger partial charge in [0.25, 0.3) is 11.1 Å². The number of para-hydroxylation sites is 1. The van der Waals surface area contributed by atoms with Crippen molar-refractivity contribution < 1.29 is 14.4 Å². The highest BCUT2D eigenvalue weighted by Crippen LogP contribution is 2.41. The molecule has 4 rings (SSSR count). The van der Waals surface area contributed by atoms with Crippen molar-refractivity contribution in [2.75, 3.05) is 16.8 Å². The average Bonchev–Trinajstić information content (AvgIpc) is 3.01. The van der Waals surface area contributed by atoms with Crippen molar-refractivity contribution in [3.63, 3.8) is 0 Å². The fourth-order valence-electron chi connectivity index (χ4n) is 4.75. The predicted octanol–water partition coefficient (Wildman–Crippen LogP) is 5.77. The predicted molar refractivity (Wildman–Crippen MR) is 140 cm³/mol. The van der Waals surface area contributed by atoms with E-state index < -0.39 is 17.1 Å². The molecule has 2 heterocycles. The third-order valence-electron chi connectivity index (χ3n) is 5.94. The molecule has 6 nitrogen and oxygen atoms in total. The van der Waals surface area contributed by atoms with Gasteiger partial charge < -0.3 is 10.2 Å². The van der Waals surface area contributed by atoms with Crippen molar-refractivity contribution in [1.29, 1.82) is 0 Å². The summed E-state index contributed by atoms with van der Waals surface area (Å²) in [5.74, 6) is -0.867. The first kappa shape index (κ1) is 23.8. The molecule has 0 saturated carbocycles. The summed E-state index contributed by atoms with van der Waals surface area (Å²) in [5.41, 5.74) is 4.81. The second-order valence-corrected chi connectivity index (χ2v) is 10.4. The van der Waals surface area contributed by atoms with E-state index in [0.717, 1.165) is 33.5 Å². The van der Waals surface area contributed by atoms with Gasteiger partial charge in [-0.15, -0.1) is 0 Å². The highest BCUT2D eigenvalue weighted by Gasteiger charge is 2.37. The third kappa shape index (κ3) is 4.66. The molecule has 0 spiro atoms. The lowest BCUT2D eigenvalue weighted by Crippen LogP contribution is -2.49. The number of imide groups is 1. The summed E-state index contributed by atoms with van der Waals surface area (Å²) in [5, 5.41) is 2.27. The minimum atomic E-state index is -0.451. The van der Waals surface area contributed by atoms with Crippen LogP contribution in [0.4, 0.5) is 16.2 Å². The first-order chi connectivity index (χ1) is 16.1. The standard InChI is InChI=1S/C27H29N3O3S/c1-17(2)30-22-12-11-19(13-21(22)18(3)15-27(30,4)5)14-23-25(32)29(26(33)34-23)16-24(31)28-20-9-7-6-8-10-20/h6-15,17H,16H2,1-5H3,(H,28,31)/b23-14-. The molecular weight excluding hydrogens is 446 g/mol. The molecule has 0 unspecified atom stereocenters. The second kappa shape index (κ2) is 9.14. The van der Waals surface area contributed by atoms with E-state index in [4.69, 9.17) is 0 Å². The number of anilines is 2. The average molecular weight is 476 g/mol. The molecule has 2 aromatic carbocycles. The Morgan fingerprint density at radius 3 is 2.50 bits per heavy atom. The van der Waals surface area contributed by atoms with Gasteiger partial charge >= 0.3 is 0 Å². The van der Waals surface area contributed by atoms with Crippen LogP contribution >= 0.6 is 11.8 Å². The van der Waals surface area contributed by atoms with Crippen molar-refractivity contribution in [3.8, 4) is 0 Å². The zero-order valence-corrected chi connectivity index (χ0v) is 20.9. The van der Waals surface area contributed by atoms with Crippen molar-refractivity contribution in [3.05, 3.63) is 70.6 Å². The first-order valence-electron chi connectivity index (χ1n) is 11.3. The maximum atomic E-state index is 12.9. The topological polar surface area (TPSA) is 69.7 Å². The van der Waals surface area contributed by atoms with Crippen LogP contribution in [0.25, 0.3) is 11.6 Å². The summed E-state index contributed by atoms with van der Waals surface area (Å²) < 4.78 is 0. The fraction of sp³-hybridized carbons (Fsp3) is 0.296. The zero-order chi connectivity index (χ0) is 24.6. The van der Waals surface area contributed by atoms with E-state index in [9.17, 15) is 14.4 Å². The van der Waals surface area contributed by atoms with Crippen molar-refractivity contribution in [1.82, 2.24) is 4.90 Å². The number of thioether (sulfide) groups is 1. The Bertz CT molecular complexity index is 1210. The maximum absolute atomic E-state index is 12.9. The molecule has 7 heteroatoms. The van der Waals surface area contributed by atoms with E-state index in [-0.39, 0.29) is 12.1 Å². The van der Waals surface area contributed by atoms with Gasteiger partial charge in [-0.25, -0.2) is 0 Å². The summed E-state index contributed by atoms with van der Waals surface area (Å²) in [7, 11) is 0. The highest BCUT2D eigenvalue weighted by molar-refractivity contribution is 8.18. The van der Waals surface area contributed by atoms with E-state index >= 15 is 0 Å². The van der Waals surface area contributed by atoms with Crippen molar-refractivity contribution in [2.45, 2.75) is 46.2 Å². The first-order valence-corrected chi connectivity index (χ1v) is 12.1. The van der Waals surface area contributed by atoms with E-state index in [1.807, 2.05) is 12.1 Å². The van der Waals surface area contributed by atoms with Crippen LogP contribution in [-0.2, 0) is 9.59 Å². The van der Waals surface area contributed by atoms with Crippen molar-refractivity contribution in [2.24, 2.45) is 0 Å². The van der Waals surface area contributed by atoms with Crippen LogP contribution in [-0.4, -0.2) is 40.1 Å². The zero-order valence-electron chi connectivity index (χ0n) is 20.1. The Labute approximate surface area is 204 Å². The van der Waals surface area contributed by atoms with Gasteiger partial charge in [-0.1, -0.05) is 30.3 Å². The monoisotopic (exact) mass is 475 g/mol. The highest BCUT2D eigenvalue weighted by atomic mass is 32.2. The van der Waals surface area contributed by atoms with Gasteiger partial charge in [0.15, 0.2) is 0 Å². The summed E-state index contributed by atoms with van der Waals surface area (Å²) in [6.45, 7) is 10.5. The number of carbonyl (C=O) groups is 3. The molecule has 2 aliphatic heterocycles. The van der Waals surface area contributed by atoms with Crippen LogP contribution in [0.15, 0.2) is 59.5 Å². The summed E-state index contributed by atoms with van der Waals surface area (Å²) in [6.07, 6.45) is 3.99. The van der Waals surface area contributed by atoms with Gasteiger partial charge in [0.2, 0.25) is 5.91 Å². The Kier molecular flexibility index (Phi) is 6.41. The molecule has 0 bridgehead atoms. The van der Waals surface area contributed by atoms with Crippen LogP contribution in [0, 0.1) is 0 Å². The third-order valence-corrected chi connectivity index (χ3v) is 6.85. The van der Waals surface area contributed by atoms with Crippen LogP contribution in [0.1, 0.15) is 45.7 Å². The van der Waals surface area contributed by atoms with Gasteiger partial charge in [0, 0.05) is 23.0 Å². The molecule has 1 saturated heterocycles. The number of nitrogens with zero attached hydrogens (tertiary/aromatic N) is 2. The Morgan fingerprint density at radius 1 is 1.12 bits per heavy atom. The maximum Gasteiger partial charge on any atom is 0.294 e. The number of rotatable bonds is 5. The molecule has 0 aromatic heterocycles. The largest absolute Gasteiger partial charge is 0.360 e. The normalized spacial score (nSPS) is 18.4. The van der Waals surface area contributed by atoms with Crippen LogP contribution in [0.5, 0.6) is 0 Å². The Hall–Kier alpha value is -3.32. The summed E-state index contributed by atoms with van der Waals surface area (Å²) in [6, 6.07) is 15.4. The smallest absolute Gasteiger partial charge is 0.294 e. The summed E-state index contributed by atoms with van der Waals surface area (Å²) in [4.78, 5) is 41.4.